The highest BCUT2D eigenvalue weighted by Crippen LogP contribution is 2.30. The van der Waals surface area contributed by atoms with E-state index in [1.54, 1.807) is 11.3 Å². The minimum absolute atomic E-state index is 0.446. The van der Waals surface area contributed by atoms with Crippen molar-refractivity contribution in [1.29, 1.82) is 0 Å². The van der Waals surface area contributed by atoms with Crippen LogP contribution >= 0.6 is 11.3 Å². The highest BCUT2D eigenvalue weighted by Gasteiger charge is 2.22. The summed E-state index contributed by atoms with van der Waals surface area (Å²) in [5.74, 6) is 0.788. The SMILES string of the molecule is Cc1ccccc1-c1ncc(CNC2CCCN(c3nc4ccccc4s3)C2)cn1. The van der Waals surface area contributed by atoms with E-state index in [0.717, 1.165) is 47.2 Å². The Labute approximate surface area is 180 Å². The summed E-state index contributed by atoms with van der Waals surface area (Å²) in [5.41, 5.74) is 4.50. The summed E-state index contributed by atoms with van der Waals surface area (Å²) in [7, 11) is 0. The average molecular weight is 416 g/mol. The van der Waals surface area contributed by atoms with E-state index >= 15 is 0 Å². The quantitative estimate of drug-likeness (QED) is 0.506. The maximum Gasteiger partial charge on any atom is 0.186 e. The predicted octanol–water partition coefficient (Wildman–Crippen LogP) is 4.82. The molecule has 3 heterocycles. The lowest BCUT2D eigenvalue weighted by molar-refractivity contribution is 0.421. The van der Waals surface area contributed by atoms with E-state index in [1.165, 1.54) is 23.1 Å². The second-order valence-electron chi connectivity index (χ2n) is 7.86. The number of thiazole rings is 1. The first-order valence-electron chi connectivity index (χ1n) is 10.5. The molecule has 30 heavy (non-hydrogen) atoms. The van der Waals surface area contributed by atoms with Gasteiger partial charge in [-0.25, -0.2) is 15.0 Å². The van der Waals surface area contributed by atoms with E-state index in [1.807, 2.05) is 24.5 Å². The predicted molar refractivity (Wildman–Crippen MR) is 124 cm³/mol. The number of para-hydroxylation sites is 1. The van der Waals surface area contributed by atoms with Crippen molar-refractivity contribution >= 4 is 26.7 Å². The Morgan fingerprint density at radius 1 is 1.07 bits per heavy atom. The van der Waals surface area contributed by atoms with Crippen LogP contribution in [0.25, 0.3) is 21.6 Å². The van der Waals surface area contributed by atoms with Crippen molar-refractivity contribution in [2.24, 2.45) is 0 Å². The van der Waals surface area contributed by atoms with Gasteiger partial charge in [0, 0.05) is 49.2 Å². The third-order valence-corrected chi connectivity index (χ3v) is 6.76. The van der Waals surface area contributed by atoms with Crippen LogP contribution in [0.1, 0.15) is 24.0 Å². The van der Waals surface area contributed by atoms with Crippen LogP contribution in [0.3, 0.4) is 0 Å². The molecule has 152 valence electrons. The molecule has 1 unspecified atom stereocenters. The lowest BCUT2D eigenvalue weighted by Crippen LogP contribution is -2.45. The highest BCUT2D eigenvalue weighted by molar-refractivity contribution is 7.22. The Hall–Kier alpha value is -2.83. The number of nitrogens with zero attached hydrogens (tertiary/aromatic N) is 4. The Morgan fingerprint density at radius 3 is 2.70 bits per heavy atom. The zero-order chi connectivity index (χ0) is 20.3. The highest BCUT2D eigenvalue weighted by atomic mass is 32.1. The van der Waals surface area contributed by atoms with Crippen LogP contribution in [0.2, 0.25) is 0 Å². The number of aryl methyl sites for hydroxylation is 1. The summed E-state index contributed by atoms with van der Waals surface area (Å²) >= 11 is 1.79. The van der Waals surface area contributed by atoms with Crippen molar-refractivity contribution in [1.82, 2.24) is 20.3 Å². The molecule has 5 rings (SSSR count). The van der Waals surface area contributed by atoms with E-state index < -0.39 is 0 Å². The molecule has 1 atom stereocenters. The summed E-state index contributed by atoms with van der Waals surface area (Å²) in [5, 5.41) is 4.83. The zero-order valence-corrected chi connectivity index (χ0v) is 17.9. The van der Waals surface area contributed by atoms with Crippen LogP contribution in [0.4, 0.5) is 5.13 Å². The fourth-order valence-electron chi connectivity index (χ4n) is 3.98. The van der Waals surface area contributed by atoms with Gasteiger partial charge in [-0.05, 0) is 37.5 Å². The van der Waals surface area contributed by atoms with Gasteiger partial charge in [0.2, 0.25) is 0 Å². The van der Waals surface area contributed by atoms with Gasteiger partial charge in [0.05, 0.1) is 10.2 Å². The van der Waals surface area contributed by atoms with Gasteiger partial charge < -0.3 is 10.2 Å². The van der Waals surface area contributed by atoms with Gasteiger partial charge in [-0.15, -0.1) is 0 Å². The van der Waals surface area contributed by atoms with E-state index in [-0.39, 0.29) is 0 Å². The Bertz CT molecular complexity index is 1100. The minimum atomic E-state index is 0.446. The first kappa shape index (κ1) is 19.2. The number of anilines is 1. The van der Waals surface area contributed by atoms with Gasteiger partial charge in [-0.3, -0.25) is 0 Å². The van der Waals surface area contributed by atoms with Crippen molar-refractivity contribution in [3.63, 3.8) is 0 Å². The molecule has 2 aromatic heterocycles. The van der Waals surface area contributed by atoms with Crippen molar-refractivity contribution in [2.75, 3.05) is 18.0 Å². The fourth-order valence-corrected chi connectivity index (χ4v) is 4.98. The lowest BCUT2D eigenvalue weighted by atomic mass is 10.1. The molecule has 1 N–H and O–H groups in total. The summed E-state index contributed by atoms with van der Waals surface area (Å²) in [6, 6.07) is 17.1. The normalized spacial score (nSPS) is 16.8. The maximum atomic E-state index is 4.83. The maximum absolute atomic E-state index is 4.83. The number of fused-ring (bicyclic) bond motifs is 1. The first-order chi connectivity index (χ1) is 14.8. The van der Waals surface area contributed by atoms with Crippen LogP contribution in [-0.2, 0) is 6.54 Å². The van der Waals surface area contributed by atoms with Crippen molar-refractivity contribution in [3.8, 4) is 11.4 Å². The number of hydrogen-bond donors (Lipinski definition) is 1. The van der Waals surface area contributed by atoms with Crippen LogP contribution in [0, 0.1) is 6.92 Å². The summed E-state index contributed by atoms with van der Waals surface area (Å²) < 4.78 is 1.26. The zero-order valence-electron chi connectivity index (χ0n) is 17.1. The molecule has 0 aliphatic carbocycles. The molecule has 1 aliphatic heterocycles. The molecular formula is C24H25N5S. The van der Waals surface area contributed by atoms with Crippen molar-refractivity contribution in [2.45, 2.75) is 32.4 Å². The fraction of sp³-hybridized carbons (Fsp3) is 0.292. The third-order valence-electron chi connectivity index (χ3n) is 5.66. The van der Waals surface area contributed by atoms with Gasteiger partial charge in [-0.2, -0.15) is 0 Å². The lowest BCUT2D eigenvalue weighted by Gasteiger charge is -2.33. The average Bonchev–Trinajstić information content (AvgIpc) is 3.23. The molecule has 1 aliphatic rings. The number of piperidine rings is 1. The van der Waals surface area contributed by atoms with Gasteiger partial charge in [-0.1, -0.05) is 47.7 Å². The van der Waals surface area contributed by atoms with Crippen LogP contribution in [0.5, 0.6) is 0 Å². The summed E-state index contributed by atoms with van der Waals surface area (Å²) in [6.45, 7) is 4.94. The summed E-state index contributed by atoms with van der Waals surface area (Å²) in [6.07, 6.45) is 6.24. The number of nitrogens with one attached hydrogen (secondary N) is 1. The first-order valence-corrected chi connectivity index (χ1v) is 11.3. The number of hydrogen-bond acceptors (Lipinski definition) is 6. The number of aromatic nitrogens is 3. The van der Waals surface area contributed by atoms with E-state index in [9.17, 15) is 0 Å². The molecule has 0 saturated carbocycles. The van der Waals surface area contributed by atoms with E-state index in [0.29, 0.717) is 6.04 Å². The Morgan fingerprint density at radius 2 is 1.87 bits per heavy atom. The third kappa shape index (κ3) is 4.06. The molecule has 5 nitrogen and oxygen atoms in total. The van der Waals surface area contributed by atoms with Crippen molar-refractivity contribution < 1.29 is 0 Å². The molecule has 4 aromatic rings. The van der Waals surface area contributed by atoms with Gasteiger partial charge in [0.15, 0.2) is 11.0 Å². The van der Waals surface area contributed by atoms with Gasteiger partial charge in [0.1, 0.15) is 0 Å². The molecule has 0 bridgehead atoms. The topological polar surface area (TPSA) is 53.9 Å². The second-order valence-corrected chi connectivity index (χ2v) is 8.87. The molecule has 0 spiro atoms. The monoisotopic (exact) mass is 415 g/mol. The molecule has 2 aromatic carbocycles. The molecule has 1 fully saturated rings. The van der Waals surface area contributed by atoms with Crippen molar-refractivity contribution in [3.05, 3.63) is 72.1 Å². The van der Waals surface area contributed by atoms with E-state index in [2.05, 4.69) is 63.5 Å². The van der Waals surface area contributed by atoms with Crippen LogP contribution in [-0.4, -0.2) is 34.1 Å². The number of benzene rings is 2. The largest absolute Gasteiger partial charge is 0.347 e. The Kier molecular flexibility index (Phi) is 5.43. The van der Waals surface area contributed by atoms with Crippen LogP contribution in [0.15, 0.2) is 60.9 Å². The second kappa shape index (κ2) is 8.50. The van der Waals surface area contributed by atoms with E-state index in [4.69, 9.17) is 4.98 Å². The minimum Gasteiger partial charge on any atom is -0.347 e. The Balaban J connectivity index is 1.21. The standard InChI is InChI=1S/C24H25N5S/c1-17-7-2-3-9-20(17)23-26-14-18(15-27-23)13-25-19-8-6-12-29(16-19)24-28-21-10-4-5-11-22(21)30-24/h2-5,7,9-11,14-15,19,25H,6,8,12-13,16H2,1H3. The molecule has 1 saturated heterocycles. The number of rotatable bonds is 5. The molecular weight excluding hydrogens is 390 g/mol. The van der Waals surface area contributed by atoms with Gasteiger partial charge in [0.25, 0.3) is 0 Å². The summed E-state index contributed by atoms with van der Waals surface area (Å²) in [4.78, 5) is 16.4. The molecule has 6 heteroatoms. The smallest absolute Gasteiger partial charge is 0.186 e. The van der Waals surface area contributed by atoms with Gasteiger partial charge >= 0.3 is 0 Å². The molecule has 0 amide bonds. The molecule has 0 radical (unpaired) electrons. The van der Waals surface area contributed by atoms with Crippen LogP contribution < -0.4 is 10.2 Å².